The van der Waals surface area contributed by atoms with Crippen molar-refractivity contribution in [3.05, 3.63) is 47.7 Å². The van der Waals surface area contributed by atoms with Crippen LogP contribution in [0.5, 0.6) is 0 Å². The van der Waals surface area contributed by atoms with Crippen LogP contribution < -0.4 is 5.73 Å². The van der Waals surface area contributed by atoms with Crippen molar-refractivity contribution in [3.63, 3.8) is 0 Å². The molecule has 22 heavy (non-hydrogen) atoms. The second-order valence-electron chi connectivity index (χ2n) is 5.04. The van der Waals surface area contributed by atoms with Crippen molar-refractivity contribution in [2.75, 3.05) is 5.73 Å². The summed E-state index contributed by atoms with van der Waals surface area (Å²) in [5.41, 5.74) is 10.5. The molecule has 5 heteroatoms. The molecule has 0 aliphatic heterocycles. The molecule has 0 amide bonds. The highest BCUT2D eigenvalue weighted by molar-refractivity contribution is 5.81. The number of nitrogen functional groups attached to an aromatic ring is 1. The Bertz CT molecular complexity index is 880. The van der Waals surface area contributed by atoms with Crippen molar-refractivity contribution in [1.29, 1.82) is 5.26 Å². The molecule has 5 nitrogen and oxygen atoms in total. The Morgan fingerprint density at radius 2 is 2.00 bits per heavy atom. The minimum atomic E-state index is 0.275. The van der Waals surface area contributed by atoms with E-state index in [1.165, 1.54) is 0 Å². The van der Waals surface area contributed by atoms with Gasteiger partial charge in [-0.05, 0) is 30.7 Å². The van der Waals surface area contributed by atoms with E-state index in [-0.39, 0.29) is 5.95 Å². The van der Waals surface area contributed by atoms with Crippen molar-refractivity contribution in [2.45, 2.75) is 19.8 Å². The molecule has 3 rings (SSSR count). The van der Waals surface area contributed by atoms with Gasteiger partial charge in [0.15, 0.2) is 0 Å². The SMILES string of the molecule is CCCc1nc(N)nc2ccc(-c3cccc(C#N)c3)nc12. The quantitative estimate of drug-likeness (QED) is 0.800. The summed E-state index contributed by atoms with van der Waals surface area (Å²) in [5.74, 6) is 0.275. The van der Waals surface area contributed by atoms with Crippen LogP contribution in [0.1, 0.15) is 24.6 Å². The molecule has 0 radical (unpaired) electrons. The normalized spacial score (nSPS) is 10.5. The Kier molecular flexibility index (Phi) is 3.67. The minimum Gasteiger partial charge on any atom is -0.368 e. The van der Waals surface area contributed by atoms with Crippen molar-refractivity contribution >= 4 is 17.0 Å². The first-order valence-corrected chi connectivity index (χ1v) is 7.15. The summed E-state index contributed by atoms with van der Waals surface area (Å²) in [6.45, 7) is 2.09. The summed E-state index contributed by atoms with van der Waals surface area (Å²) >= 11 is 0. The van der Waals surface area contributed by atoms with Crippen LogP contribution in [0, 0.1) is 11.3 Å². The first kappa shape index (κ1) is 14.0. The van der Waals surface area contributed by atoms with Crippen LogP contribution in [0.4, 0.5) is 5.95 Å². The third kappa shape index (κ3) is 2.59. The smallest absolute Gasteiger partial charge is 0.220 e. The molecule has 0 spiro atoms. The highest BCUT2D eigenvalue weighted by Gasteiger charge is 2.09. The maximum Gasteiger partial charge on any atom is 0.220 e. The Balaban J connectivity index is 2.18. The summed E-state index contributed by atoms with van der Waals surface area (Å²) in [7, 11) is 0. The Morgan fingerprint density at radius 1 is 1.14 bits per heavy atom. The molecule has 0 atom stereocenters. The number of hydrogen-bond donors (Lipinski definition) is 1. The first-order valence-electron chi connectivity index (χ1n) is 7.15. The molecule has 0 bridgehead atoms. The van der Waals surface area contributed by atoms with E-state index >= 15 is 0 Å². The van der Waals surface area contributed by atoms with E-state index in [9.17, 15) is 0 Å². The fourth-order valence-corrected chi connectivity index (χ4v) is 2.41. The lowest BCUT2D eigenvalue weighted by molar-refractivity contribution is 0.885. The van der Waals surface area contributed by atoms with Gasteiger partial charge in [-0.3, -0.25) is 0 Å². The van der Waals surface area contributed by atoms with Crippen LogP contribution in [0.3, 0.4) is 0 Å². The third-order valence-electron chi connectivity index (χ3n) is 3.41. The number of aromatic nitrogens is 3. The van der Waals surface area contributed by atoms with E-state index in [2.05, 4.69) is 23.0 Å². The zero-order valence-corrected chi connectivity index (χ0v) is 12.2. The van der Waals surface area contributed by atoms with Gasteiger partial charge in [0.2, 0.25) is 5.95 Å². The van der Waals surface area contributed by atoms with Gasteiger partial charge >= 0.3 is 0 Å². The highest BCUT2D eigenvalue weighted by Crippen LogP contribution is 2.23. The van der Waals surface area contributed by atoms with Gasteiger partial charge in [-0.25, -0.2) is 15.0 Å². The lowest BCUT2D eigenvalue weighted by atomic mass is 10.1. The zero-order chi connectivity index (χ0) is 15.5. The van der Waals surface area contributed by atoms with Crippen molar-refractivity contribution in [2.24, 2.45) is 0 Å². The zero-order valence-electron chi connectivity index (χ0n) is 12.2. The number of rotatable bonds is 3. The molecule has 108 valence electrons. The fraction of sp³-hybridized carbons (Fsp3) is 0.176. The lowest BCUT2D eigenvalue weighted by Gasteiger charge is -2.07. The Morgan fingerprint density at radius 3 is 2.77 bits per heavy atom. The standard InChI is InChI=1S/C17H15N5/c1-2-4-14-16-15(22-17(19)21-14)8-7-13(20-16)12-6-3-5-11(9-12)10-18/h3,5-9H,2,4H2,1H3,(H2,19,21,22). The number of nitriles is 1. The van der Waals surface area contributed by atoms with Gasteiger partial charge in [-0.1, -0.05) is 25.5 Å². The van der Waals surface area contributed by atoms with Gasteiger partial charge in [0.25, 0.3) is 0 Å². The predicted molar refractivity (Wildman–Crippen MR) is 85.9 cm³/mol. The Hall–Kier alpha value is -3.00. The molecule has 0 fully saturated rings. The van der Waals surface area contributed by atoms with Crippen LogP contribution >= 0.6 is 0 Å². The maximum atomic E-state index is 9.02. The number of pyridine rings is 1. The number of aryl methyl sites for hydroxylation is 1. The lowest BCUT2D eigenvalue weighted by Crippen LogP contribution is -2.02. The number of benzene rings is 1. The summed E-state index contributed by atoms with van der Waals surface area (Å²) in [5, 5.41) is 9.02. The Labute approximate surface area is 128 Å². The summed E-state index contributed by atoms with van der Waals surface area (Å²) in [6.07, 6.45) is 1.76. The fourth-order valence-electron chi connectivity index (χ4n) is 2.41. The molecule has 1 aromatic carbocycles. The number of nitrogens with two attached hydrogens (primary N) is 1. The molecule has 3 aromatic rings. The maximum absolute atomic E-state index is 9.02. The molecule has 0 saturated carbocycles. The predicted octanol–water partition coefficient (Wildman–Crippen LogP) is 3.10. The summed E-state index contributed by atoms with van der Waals surface area (Å²) in [6, 6.07) is 13.3. The molecule has 0 saturated heterocycles. The highest BCUT2D eigenvalue weighted by atomic mass is 15.0. The number of hydrogen-bond acceptors (Lipinski definition) is 5. The van der Waals surface area contributed by atoms with Crippen molar-refractivity contribution in [3.8, 4) is 17.3 Å². The van der Waals surface area contributed by atoms with Crippen LogP contribution in [0.2, 0.25) is 0 Å². The first-order chi connectivity index (χ1) is 10.7. The average molecular weight is 289 g/mol. The van der Waals surface area contributed by atoms with Gasteiger partial charge in [0.05, 0.1) is 28.5 Å². The number of anilines is 1. The van der Waals surface area contributed by atoms with Gasteiger partial charge in [0, 0.05) is 5.56 Å². The van der Waals surface area contributed by atoms with E-state index in [1.54, 1.807) is 6.07 Å². The summed E-state index contributed by atoms with van der Waals surface area (Å²) < 4.78 is 0. The van der Waals surface area contributed by atoms with Crippen molar-refractivity contribution in [1.82, 2.24) is 15.0 Å². The van der Waals surface area contributed by atoms with E-state index < -0.39 is 0 Å². The summed E-state index contributed by atoms with van der Waals surface area (Å²) in [4.78, 5) is 13.2. The molecule has 2 N–H and O–H groups in total. The molecule has 2 aromatic heterocycles. The third-order valence-corrected chi connectivity index (χ3v) is 3.41. The van der Waals surface area contributed by atoms with E-state index in [0.717, 1.165) is 40.8 Å². The monoisotopic (exact) mass is 289 g/mol. The minimum absolute atomic E-state index is 0.275. The van der Waals surface area contributed by atoms with E-state index in [1.807, 2.05) is 30.3 Å². The molecule has 0 unspecified atom stereocenters. The van der Waals surface area contributed by atoms with Crippen LogP contribution in [-0.4, -0.2) is 15.0 Å². The second kappa shape index (κ2) is 5.78. The average Bonchev–Trinajstić information content (AvgIpc) is 2.55. The van der Waals surface area contributed by atoms with Gasteiger partial charge < -0.3 is 5.73 Å². The topological polar surface area (TPSA) is 88.5 Å². The van der Waals surface area contributed by atoms with Crippen LogP contribution in [0.15, 0.2) is 36.4 Å². The molecular weight excluding hydrogens is 274 g/mol. The van der Waals surface area contributed by atoms with E-state index in [0.29, 0.717) is 5.56 Å². The molecule has 0 aliphatic carbocycles. The van der Waals surface area contributed by atoms with Gasteiger partial charge in [-0.2, -0.15) is 5.26 Å². The largest absolute Gasteiger partial charge is 0.368 e. The second-order valence-corrected chi connectivity index (χ2v) is 5.04. The molecule has 2 heterocycles. The van der Waals surface area contributed by atoms with E-state index in [4.69, 9.17) is 16.0 Å². The number of nitrogens with zero attached hydrogens (tertiary/aromatic N) is 4. The molecule has 0 aliphatic rings. The van der Waals surface area contributed by atoms with Crippen LogP contribution in [-0.2, 0) is 6.42 Å². The number of fused-ring (bicyclic) bond motifs is 1. The van der Waals surface area contributed by atoms with Gasteiger partial charge in [-0.15, -0.1) is 0 Å². The van der Waals surface area contributed by atoms with Gasteiger partial charge in [0.1, 0.15) is 5.52 Å². The molecular formula is C17H15N5. The van der Waals surface area contributed by atoms with Crippen molar-refractivity contribution < 1.29 is 0 Å². The van der Waals surface area contributed by atoms with Crippen LogP contribution in [0.25, 0.3) is 22.3 Å².